The molecule has 1 spiro atoms. The van der Waals surface area contributed by atoms with Crippen molar-refractivity contribution in [1.29, 1.82) is 0 Å². The Balaban J connectivity index is 1.14. The van der Waals surface area contributed by atoms with Crippen molar-refractivity contribution in [2.75, 3.05) is 18.0 Å². The molecule has 4 aromatic heterocycles. The normalized spacial score (nSPS) is 19.2. The molecular formula is C24H24N8S. The van der Waals surface area contributed by atoms with Crippen LogP contribution < -0.4 is 10.6 Å². The van der Waals surface area contributed by atoms with Gasteiger partial charge < -0.3 is 15.0 Å². The predicted molar refractivity (Wildman–Crippen MR) is 127 cm³/mol. The van der Waals surface area contributed by atoms with Crippen LogP contribution in [-0.2, 0) is 6.54 Å². The van der Waals surface area contributed by atoms with Gasteiger partial charge in [0, 0.05) is 54.1 Å². The Bertz CT molecular complexity index is 1370. The summed E-state index contributed by atoms with van der Waals surface area (Å²) in [5.41, 5.74) is 10.4. The topological polar surface area (TPSA) is 90.2 Å². The third kappa shape index (κ3) is 3.29. The molecule has 0 saturated carbocycles. The molecule has 0 bridgehead atoms. The van der Waals surface area contributed by atoms with Crippen LogP contribution in [0.2, 0.25) is 0 Å². The molecule has 0 aliphatic carbocycles. The number of rotatable bonds is 3. The molecule has 2 aliphatic rings. The summed E-state index contributed by atoms with van der Waals surface area (Å²) >= 11 is 1.59. The van der Waals surface area contributed by atoms with Crippen LogP contribution in [-0.4, -0.2) is 42.2 Å². The molecular weight excluding hydrogens is 432 g/mol. The van der Waals surface area contributed by atoms with Gasteiger partial charge in [0.25, 0.3) is 0 Å². The SMILES string of the molecule is C#Cc1cn2ccc(Sc3cnc(N4CCC5(CC4)Cn4nccc4[C@H]5N)cn3)c(C)c2n1. The summed E-state index contributed by atoms with van der Waals surface area (Å²) in [7, 11) is 0. The fourth-order valence-electron chi connectivity index (χ4n) is 5.09. The van der Waals surface area contributed by atoms with Gasteiger partial charge in [0.1, 0.15) is 22.2 Å². The molecule has 2 N–H and O–H groups in total. The Kier molecular flexibility index (Phi) is 4.67. The molecule has 1 saturated heterocycles. The number of anilines is 1. The molecule has 0 amide bonds. The zero-order valence-corrected chi connectivity index (χ0v) is 19.2. The second-order valence-electron chi connectivity index (χ2n) is 8.86. The third-order valence-electron chi connectivity index (χ3n) is 7.08. The summed E-state index contributed by atoms with van der Waals surface area (Å²) in [5, 5.41) is 5.28. The first kappa shape index (κ1) is 20.3. The van der Waals surface area contributed by atoms with Crippen LogP contribution in [0.4, 0.5) is 5.82 Å². The van der Waals surface area contributed by atoms with Gasteiger partial charge in [-0.2, -0.15) is 5.10 Å². The van der Waals surface area contributed by atoms with E-state index in [0.29, 0.717) is 5.69 Å². The van der Waals surface area contributed by atoms with E-state index in [1.807, 2.05) is 41.5 Å². The van der Waals surface area contributed by atoms with E-state index < -0.39 is 0 Å². The number of aromatic nitrogens is 6. The highest BCUT2D eigenvalue weighted by molar-refractivity contribution is 7.99. The van der Waals surface area contributed by atoms with Gasteiger partial charge in [0.2, 0.25) is 0 Å². The fraction of sp³-hybridized carbons (Fsp3) is 0.333. The highest BCUT2D eigenvalue weighted by atomic mass is 32.2. The molecule has 0 radical (unpaired) electrons. The maximum Gasteiger partial charge on any atom is 0.147 e. The fourth-order valence-corrected chi connectivity index (χ4v) is 5.90. The number of aryl methyl sites for hydroxylation is 1. The lowest BCUT2D eigenvalue weighted by Crippen LogP contribution is -2.45. The monoisotopic (exact) mass is 456 g/mol. The lowest BCUT2D eigenvalue weighted by molar-refractivity contribution is 0.170. The molecule has 1 fully saturated rings. The van der Waals surface area contributed by atoms with Gasteiger partial charge in [-0.15, -0.1) is 6.42 Å². The molecule has 0 unspecified atom stereocenters. The quantitative estimate of drug-likeness (QED) is 0.474. The minimum Gasteiger partial charge on any atom is -0.355 e. The second-order valence-corrected chi connectivity index (χ2v) is 9.92. The molecule has 6 rings (SSSR count). The van der Waals surface area contributed by atoms with E-state index in [9.17, 15) is 0 Å². The Morgan fingerprint density at radius 3 is 2.79 bits per heavy atom. The van der Waals surface area contributed by atoms with Crippen LogP contribution in [0.15, 0.2) is 53.0 Å². The van der Waals surface area contributed by atoms with Gasteiger partial charge in [-0.3, -0.25) is 4.68 Å². The second kappa shape index (κ2) is 7.61. The molecule has 4 aromatic rings. The molecule has 8 nitrogen and oxygen atoms in total. The van der Waals surface area contributed by atoms with Crippen molar-refractivity contribution >= 4 is 23.2 Å². The first-order valence-corrected chi connectivity index (χ1v) is 11.8. The Hall–Kier alpha value is -3.35. The van der Waals surface area contributed by atoms with E-state index in [0.717, 1.165) is 65.1 Å². The lowest BCUT2D eigenvalue weighted by atomic mass is 9.73. The number of terminal acetylenes is 1. The average Bonchev–Trinajstić information content (AvgIpc) is 3.53. The maximum atomic E-state index is 6.61. The van der Waals surface area contributed by atoms with Crippen molar-refractivity contribution in [2.45, 2.75) is 42.3 Å². The van der Waals surface area contributed by atoms with Crippen molar-refractivity contribution in [3.63, 3.8) is 0 Å². The van der Waals surface area contributed by atoms with Gasteiger partial charge in [0.05, 0.1) is 24.1 Å². The van der Waals surface area contributed by atoms with Gasteiger partial charge in [-0.25, -0.2) is 15.0 Å². The largest absolute Gasteiger partial charge is 0.355 e. The van der Waals surface area contributed by atoms with Crippen LogP contribution in [0.5, 0.6) is 0 Å². The Labute approximate surface area is 196 Å². The van der Waals surface area contributed by atoms with E-state index in [1.54, 1.807) is 11.8 Å². The number of hydrogen-bond acceptors (Lipinski definition) is 7. The summed E-state index contributed by atoms with van der Waals surface area (Å²) in [6.07, 6.45) is 17.0. The van der Waals surface area contributed by atoms with Crippen molar-refractivity contribution in [2.24, 2.45) is 11.1 Å². The Morgan fingerprint density at radius 1 is 1.21 bits per heavy atom. The summed E-state index contributed by atoms with van der Waals surface area (Å²) in [6.45, 7) is 4.81. The van der Waals surface area contributed by atoms with E-state index in [2.05, 4.69) is 43.6 Å². The van der Waals surface area contributed by atoms with E-state index >= 15 is 0 Å². The molecule has 2 aliphatic heterocycles. The molecule has 9 heteroatoms. The molecule has 166 valence electrons. The van der Waals surface area contributed by atoms with Crippen molar-refractivity contribution < 1.29 is 0 Å². The van der Waals surface area contributed by atoms with Gasteiger partial charge in [0.15, 0.2) is 0 Å². The molecule has 1 atom stereocenters. The smallest absolute Gasteiger partial charge is 0.147 e. The molecule has 6 heterocycles. The first-order valence-electron chi connectivity index (χ1n) is 11.0. The van der Waals surface area contributed by atoms with Crippen molar-refractivity contribution in [3.8, 4) is 12.3 Å². The summed E-state index contributed by atoms with van der Waals surface area (Å²) < 4.78 is 4.03. The van der Waals surface area contributed by atoms with Crippen LogP contribution in [0.1, 0.15) is 35.8 Å². The number of hydrogen-bond donors (Lipinski definition) is 1. The van der Waals surface area contributed by atoms with Crippen molar-refractivity contribution in [1.82, 2.24) is 29.1 Å². The summed E-state index contributed by atoms with van der Waals surface area (Å²) in [5.74, 6) is 3.51. The highest BCUT2D eigenvalue weighted by Gasteiger charge is 2.46. The van der Waals surface area contributed by atoms with Crippen molar-refractivity contribution in [3.05, 3.63) is 60.1 Å². The third-order valence-corrected chi connectivity index (χ3v) is 8.16. The minimum absolute atomic E-state index is 0.0550. The lowest BCUT2D eigenvalue weighted by Gasteiger charge is -2.41. The maximum absolute atomic E-state index is 6.61. The molecule has 33 heavy (non-hydrogen) atoms. The number of piperidine rings is 1. The van der Waals surface area contributed by atoms with Gasteiger partial charge in [-0.1, -0.05) is 11.8 Å². The highest BCUT2D eigenvalue weighted by Crippen LogP contribution is 2.47. The zero-order valence-electron chi connectivity index (χ0n) is 18.3. The number of imidazole rings is 1. The van der Waals surface area contributed by atoms with Crippen LogP contribution in [0.25, 0.3) is 5.65 Å². The number of nitrogens with two attached hydrogens (primary N) is 1. The summed E-state index contributed by atoms with van der Waals surface area (Å²) in [6, 6.07) is 4.16. The zero-order chi connectivity index (χ0) is 22.6. The van der Waals surface area contributed by atoms with Gasteiger partial charge in [-0.05, 0) is 37.8 Å². The van der Waals surface area contributed by atoms with Crippen LogP contribution >= 0.6 is 11.8 Å². The van der Waals surface area contributed by atoms with Crippen LogP contribution in [0.3, 0.4) is 0 Å². The van der Waals surface area contributed by atoms with E-state index in [1.165, 1.54) is 0 Å². The summed E-state index contributed by atoms with van der Waals surface area (Å²) in [4.78, 5) is 17.3. The Morgan fingerprint density at radius 2 is 2.06 bits per heavy atom. The van der Waals surface area contributed by atoms with E-state index in [-0.39, 0.29) is 11.5 Å². The molecule has 0 aromatic carbocycles. The van der Waals surface area contributed by atoms with Gasteiger partial charge >= 0.3 is 0 Å². The number of pyridine rings is 1. The standard InChI is InChI=1S/C24H24N8S/c1-3-17-14-31-9-5-19(16(2)23(31)29-17)33-21-13-26-20(12-27-21)30-10-6-24(7-11-30)15-32-18(22(24)25)4-8-28-32/h1,4-5,8-9,12-14,22H,6-7,10-11,15,25H2,2H3/t22-/m1/s1. The van der Waals surface area contributed by atoms with Crippen LogP contribution in [0, 0.1) is 24.7 Å². The first-order chi connectivity index (χ1) is 16.1. The average molecular weight is 457 g/mol. The number of fused-ring (bicyclic) bond motifs is 2. The van der Waals surface area contributed by atoms with E-state index in [4.69, 9.17) is 17.1 Å². The minimum atomic E-state index is 0.0550. The predicted octanol–water partition coefficient (Wildman–Crippen LogP) is 3.06. The number of nitrogens with zero attached hydrogens (tertiary/aromatic N) is 7.